The maximum atomic E-state index is 12.1. The van der Waals surface area contributed by atoms with E-state index in [4.69, 9.17) is 4.52 Å². The topological polar surface area (TPSA) is 89.9 Å². The fraction of sp³-hybridized carbons (Fsp3) is 0.312. The first-order valence-corrected chi connectivity index (χ1v) is 7.57. The Morgan fingerprint density at radius 2 is 2.08 bits per heavy atom. The lowest BCUT2D eigenvalue weighted by Gasteiger charge is -2.09. The van der Waals surface area contributed by atoms with E-state index < -0.39 is 0 Å². The Bertz CT molecular complexity index is 863. The van der Waals surface area contributed by atoms with E-state index in [1.807, 2.05) is 19.9 Å². The molecule has 124 valence electrons. The number of pyridine rings is 1. The van der Waals surface area contributed by atoms with Gasteiger partial charge in [0.1, 0.15) is 0 Å². The summed E-state index contributed by atoms with van der Waals surface area (Å²) in [6.07, 6.45) is 3.92. The Hall–Kier alpha value is -3.03. The van der Waals surface area contributed by atoms with E-state index in [1.54, 1.807) is 37.2 Å². The van der Waals surface area contributed by atoms with Gasteiger partial charge in [-0.05, 0) is 19.1 Å². The average molecular weight is 326 g/mol. The van der Waals surface area contributed by atoms with Gasteiger partial charge in [-0.3, -0.25) is 4.79 Å². The van der Waals surface area contributed by atoms with E-state index in [2.05, 4.69) is 20.2 Å². The lowest BCUT2D eigenvalue weighted by Crippen LogP contribution is -2.22. The van der Waals surface area contributed by atoms with Gasteiger partial charge in [0, 0.05) is 26.7 Å². The van der Waals surface area contributed by atoms with E-state index >= 15 is 0 Å². The second kappa shape index (κ2) is 6.23. The molecule has 0 aliphatic rings. The molecule has 0 aliphatic heterocycles. The predicted octanol–water partition coefficient (Wildman–Crippen LogP) is 1.89. The molecule has 3 rings (SSSR count). The summed E-state index contributed by atoms with van der Waals surface area (Å²) in [5.74, 6) is 1.62. The number of aryl methyl sites for hydroxylation is 1. The molecule has 3 aromatic rings. The van der Waals surface area contributed by atoms with Crippen LogP contribution in [0.2, 0.25) is 0 Å². The van der Waals surface area contributed by atoms with Crippen LogP contribution in [0, 0.1) is 6.92 Å². The van der Waals surface area contributed by atoms with Gasteiger partial charge in [0.25, 0.3) is 11.8 Å². The van der Waals surface area contributed by atoms with Crippen LogP contribution in [-0.4, -0.2) is 49.8 Å². The van der Waals surface area contributed by atoms with Gasteiger partial charge in [0.2, 0.25) is 0 Å². The number of nitrogens with zero attached hydrogens (tertiary/aromatic N) is 6. The zero-order valence-corrected chi connectivity index (χ0v) is 14.0. The largest absolute Gasteiger partial charge is 0.345 e. The third-order valence-corrected chi connectivity index (χ3v) is 3.64. The smallest absolute Gasteiger partial charge is 0.259 e. The lowest BCUT2D eigenvalue weighted by molar-refractivity contribution is 0.0827. The number of carbonyl (C=O) groups is 1. The summed E-state index contributed by atoms with van der Waals surface area (Å²) in [7, 11) is 3.42. The lowest BCUT2D eigenvalue weighted by atomic mass is 10.2. The monoisotopic (exact) mass is 326 g/mol. The van der Waals surface area contributed by atoms with Gasteiger partial charge in [0.05, 0.1) is 23.0 Å². The molecule has 0 radical (unpaired) electrons. The van der Waals surface area contributed by atoms with Crippen LogP contribution in [0.1, 0.15) is 28.8 Å². The molecule has 0 saturated carbocycles. The van der Waals surface area contributed by atoms with Gasteiger partial charge in [-0.25, -0.2) is 9.67 Å². The maximum Gasteiger partial charge on any atom is 0.259 e. The summed E-state index contributed by atoms with van der Waals surface area (Å²) in [4.78, 5) is 22.3. The van der Waals surface area contributed by atoms with E-state index in [1.165, 1.54) is 4.90 Å². The van der Waals surface area contributed by atoms with E-state index in [0.29, 0.717) is 29.5 Å². The first kappa shape index (κ1) is 15.9. The van der Waals surface area contributed by atoms with Gasteiger partial charge >= 0.3 is 0 Å². The van der Waals surface area contributed by atoms with Crippen molar-refractivity contribution in [3.63, 3.8) is 0 Å². The van der Waals surface area contributed by atoms with Crippen LogP contribution in [-0.2, 0) is 6.42 Å². The molecule has 3 heterocycles. The van der Waals surface area contributed by atoms with Gasteiger partial charge in [-0.1, -0.05) is 12.1 Å². The van der Waals surface area contributed by atoms with E-state index in [-0.39, 0.29) is 5.91 Å². The Morgan fingerprint density at radius 1 is 1.29 bits per heavy atom. The van der Waals surface area contributed by atoms with Crippen LogP contribution < -0.4 is 0 Å². The Balaban J connectivity index is 1.90. The quantitative estimate of drug-likeness (QED) is 0.727. The molecule has 0 spiro atoms. The summed E-state index contributed by atoms with van der Waals surface area (Å²) in [6, 6.07) is 3.64. The van der Waals surface area contributed by atoms with Crippen molar-refractivity contribution < 1.29 is 9.32 Å². The molecule has 0 saturated heterocycles. The number of hydrogen-bond donors (Lipinski definition) is 0. The highest BCUT2D eigenvalue weighted by atomic mass is 16.5. The van der Waals surface area contributed by atoms with Crippen molar-refractivity contribution in [2.24, 2.45) is 0 Å². The average Bonchev–Trinajstić information content (AvgIpc) is 3.21. The van der Waals surface area contributed by atoms with Crippen LogP contribution >= 0.6 is 0 Å². The molecule has 0 N–H and O–H groups in total. The highest BCUT2D eigenvalue weighted by Crippen LogP contribution is 2.19. The second-order valence-electron chi connectivity index (χ2n) is 5.53. The van der Waals surface area contributed by atoms with Crippen molar-refractivity contribution in [1.29, 1.82) is 0 Å². The molecule has 0 fully saturated rings. The molecule has 0 aromatic carbocycles. The highest BCUT2D eigenvalue weighted by Gasteiger charge is 2.17. The zero-order chi connectivity index (χ0) is 17.3. The molecule has 8 nitrogen and oxygen atoms in total. The summed E-state index contributed by atoms with van der Waals surface area (Å²) in [6.45, 7) is 3.80. The first-order valence-electron chi connectivity index (χ1n) is 7.57. The summed E-state index contributed by atoms with van der Waals surface area (Å²) < 4.78 is 6.83. The fourth-order valence-corrected chi connectivity index (χ4v) is 2.24. The van der Waals surface area contributed by atoms with Crippen LogP contribution in [0.25, 0.3) is 17.3 Å². The van der Waals surface area contributed by atoms with Crippen LogP contribution in [0.5, 0.6) is 0 Å². The normalized spacial score (nSPS) is 10.8. The summed E-state index contributed by atoms with van der Waals surface area (Å²) >= 11 is 0. The van der Waals surface area contributed by atoms with Crippen LogP contribution in [0.15, 0.2) is 29.0 Å². The molecule has 1 amide bonds. The molecule has 8 heteroatoms. The standard InChI is InChI=1S/C16H18N6O2/c1-5-13-19-15(24-20-13)11-6-7-14(17-8-11)22-10(2)12(9-18-22)16(23)21(3)4/h6-9H,5H2,1-4H3. The Labute approximate surface area is 139 Å². The molecular weight excluding hydrogens is 308 g/mol. The van der Waals surface area contributed by atoms with E-state index in [9.17, 15) is 4.79 Å². The number of hydrogen-bond acceptors (Lipinski definition) is 6. The minimum atomic E-state index is -0.0895. The first-order chi connectivity index (χ1) is 11.5. The fourth-order valence-electron chi connectivity index (χ4n) is 2.24. The van der Waals surface area contributed by atoms with Crippen molar-refractivity contribution in [3.8, 4) is 17.3 Å². The van der Waals surface area contributed by atoms with Crippen molar-refractivity contribution in [2.75, 3.05) is 14.1 Å². The van der Waals surface area contributed by atoms with Crippen molar-refractivity contribution >= 4 is 5.91 Å². The third kappa shape index (κ3) is 2.78. The SMILES string of the molecule is CCc1noc(-c2ccc(-n3ncc(C(=O)N(C)C)c3C)nc2)n1. The van der Waals surface area contributed by atoms with Crippen LogP contribution in [0.3, 0.4) is 0 Å². The van der Waals surface area contributed by atoms with Crippen LogP contribution in [0.4, 0.5) is 0 Å². The number of rotatable bonds is 4. The van der Waals surface area contributed by atoms with Gasteiger partial charge in [-0.2, -0.15) is 10.1 Å². The highest BCUT2D eigenvalue weighted by molar-refractivity contribution is 5.94. The van der Waals surface area contributed by atoms with Gasteiger partial charge in [0.15, 0.2) is 11.6 Å². The summed E-state index contributed by atoms with van der Waals surface area (Å²) in [5, 5.41) is 8.14. The molecule has 0 aliphatic carbocycles. The Morgan fingerprint density at radius 3 is 2.67 bits per heavy atom. The zero-order valence-electron chi connectivity index (χ0n) is 14.0. The van der Waals surface area contributed by atoms with Crippen molar-refractivity contribution in [1.82, 2.24) is 29.8 Å². The molecular formula is C16H18N6O2. The maximum absolute atomic E-state index is 12.1. The van der Waals surface area contributed by atoms with Gasteiger partial charge < -0.3 is 9.42 Å². The van der Waals surface area contributed by atoms with Crippen molar-refractivity contribution in [3.05, 3.63) is 41.6 Å². The number of aromatic nitrogens is 5. The molecule has 0 bridgehead atoms. The molecule has 24 heavy (non-hydrogen) atoms. The Kier molecular flexibility index (Phi) is 4.11. The van der Waals surface area contributed by atoms with Crippen molar-refractivity contribution in [2.45, 2.75) is 20.3 Å². The molecule has 0 atom stereocenters. The summed E-state index contributed by atoms with van der Waals surface area (Å²) in [5.41, 5.74) is 2.02. The number of carbonyl (C=O) groups excluding carboxylic acids is 1. The third-order valence-electron chi connectivity index (χ3n) is 3.64. The predicted molar refractivity (Wildman–Crippen MR) is 86.8 cm³/mol. The molecule has 0 unspecified atom stereocenters. The van der Waals surface area contributed by atoms with E-state index in [0.717, 1.165) is 11.3 Å². The van der Waals surface area contributed by atoms with Gasteiger partial charge in [-0.15, -0.1) is 0 Å². The number of amides is 1. The minimum Gasteiger partial charge on any atom is -0.345 e. The second-order valence-corrected chi connectivity index (χ2v) is 5.53. The molecule has 3 aromatic heterocycles. The minimum absolute atomic E-state index is 0.0895.